The third-order valence-corrected chi connectivity index (χ3v) is 5.11. The Bertz CT molecular complexity index is 773. The van der Waals surface area contributed by atoms with Crippen molar-refractivity contribution < 1.29 is 0 Å². The first-order chi connectivity index (χ1) is 9.34. The second-order valence-electron chi connectivity index (χ2n) is 5.51. The van der Waals surface area contributed by atoms with Crippen LogP contribution in [-0.2, 0) is 6.42 Å². The minimum Gasteiger partial charge on any atom is -0.130 e. The van der Waals surface area contributed by atoms with Crippen LogP contribution in [0.4, 0.5) is 0 Å². The predicted molar refractivity (Wildman–Crippen MR) is 86.8 cm³/mol. The summed E-state index contributed by atoms with van der Waals surface area (Å²) in [6, 6.07) is 18.0. The maximum Gasteiger partial charge on any atom is -0.00115 e. The van der Waals surface area contributed by atoms with Crippen LogP contribution in [-0.4, -0.2) is 0 Å². The largest absolute Gasteiger partial charge is 0.130 e. The Kier molecular flexibility index (Phi) is 2.60. The molecule has 0 aromatic heterocycles. The van der Waals surface area contributed by atoms with Crippen molar-refractivity contribution in [2.24, 2.45) is 0 Å². The molecule has 3 aromatic rings. The van der Waals surface area contributed by atoms with Crippen molar-refractivity contribution in [1.29, 1.82) is 0 Å². The summed E-state index contributed by atoms with van der Waals surface area (Å²) in [4.78, 5) is 0. The van der Waals surface area contributed by atoms with Gasteiger partial charge in [0.25, 0.3) is 0 Å². The van der Waals surface area contributed by atoms with Crippen molar-refractivity contribution in [3.05, 3.63) is 59.7 Å². The maximum atomic E-state index is 3.01. The lowest BCUT2D eigenvalue weighted by atomic mass is 9.86. The molecule has 0 nitrogen and oxygen atoms in total. The number of benzene rings is 3. The number of aryl methyl sites for hydroxylation is 1. The average Bonchev–Trinajstić information content (AvgIpc) is 2.47. The van der Waals surface area contributed by atoms with E-state index >= 15 is 0 Å². The van der Waals surface area contributed by atoms with Crippen molar-refractivity contribution in [2.75, 3.05) is 0 Å². The topological polar surface area (TPSA) is 0 Å². The van der Waals surface area contributed by atoms with Crippen LogP contribution in [0.5, 0.6) is 0 Å². The molecular formula is C18H17P. The van der Waals surface area contributed by atoms with Crippen LogP contribution in [0.15, 0.2) is 48.5 Å². The number of hydrogen-bond acceptors (Lipinski definition) is 0. The summed E-state index contributed by atoms with van der Waals surface area (Å²) < 4.78 is 0. The van der Waals surface area contributed by atoms with Gasteiger partial charge in [0, 0.05) is 0 Å². The Morgan fingerprint density at radius 1 is 0.842 bits per heavy atom. The highest BCUT2D eigenvalue weighted by atomic mass is 31.0. The quantitative estimate of drug-likeness (QED) is 0.384. The highest BCUT2D eigenvalue weighted by Crippen LogP contribution is 2.40. The number of rotatable bonds is 0. The van der Waals surface area contributed by atoms with Gasteiger partial charge in [-0.2, -0.15) is 0 Å². The SMILES string of the molecule is PC1CCCc2c1ccc1c2ccc2ccccc21. The van der Waals surface area contributed by atoms with Gasteiger partial charge in [-0.15, -0.1) is 9.24 Å². The summed E-state index contributed by atoms with van der Waals surface area (Å²) in [6.07, 6.45) is 3.85. The smallest absolute Gasteiger partial charge is 0.00115 e. The molecule has 0 radical (unpaired) electrons. The molecule has 0 aliphatic heterocycles. The van der Waals surface area contributed by atoms with E-state index in [0.29, 0.717) is 5.66 Å². The van der Waals surface area contributed by atoms with E-state index in [9.17, 15) is 0 Å². The summed E-state index contributed by atoms with van der Waals surface area (Å²) in [7, 11) is 3.01. The predicted octanol–water partition coefficient (Wildman–Crippen LogP) is 5.25. The lowest BCUT2D eigenvalue weighted by Crippen LogP contribution is -2.05. The first-order valence-corrected chi connectivity index (χ1v) is 7.70. The summed E-state index contributed by atoms with van der Waals surface area (Å²) in [5.74, 6) is 0. The van der Waals surface area contributed by atoms with Gasteiger partial charge in [0.05, 0.1) is 0 Å². The molecule has 4 rings (SSSR count). The molecule has 0 heterocycles. The molecule has 2 unspecified atom stereocenters. The molecule has 1 aliphatic carbocycles. The zero-order chi connectivity index (χ0) is 12.8. The molecule has 0 saturated carbocycles. The Hall–Kier alpha value is -1.39. The normalized spacial score (nSPS) is 18.7. The van der Waals surface area contributed by atoms with Crippen molar-refractivity contribution in [1.82, 2.24) is 0 Å². The van der Waals surface area contributed by atoms with Gasteiger partial charge in [0.15, 0.2) is 0 Å². The molecule has 0 saturated heterocycles. The van der Waals surface area contributed by atoms with Crippen molar-refractivity contribution in [2.45, 2.75) is 24.9 Å². The Balaban J connectivity index is 2.13. The van der Waals surface area contributed by atoms with E-state index < -0.39 is 0 Å². The Morgan fingerprint density at radius 2 is 1.68 bits per heavy atom. The number of hydrogen-bond donors (Lipinski definition) is 0. The molecule has 1 heteroatoms. The van der Waals surface area contributed by atoms with Gasteiger partial charge in [-0.3, -0.25) is 0 Å². The van der Waals surface area contributed by atoms with Gasteiger partial charge in [0.2, 0.25) is 0 Å². The fourth-order valence-electron chi connectivity index (χ4n) is 3.45. The lowest BCUT2D eigenvalue weighted by molar-refractivity contribution is 0.678. The van der Waals surface area contributed by atoms with E-state index in [-0.39, 0.29) is 0 Å². The lowest BCUT2D eigenvalue weighted by Gasteiger charge is -2.24. The summed E-state index contributed by atoms with van der Waals surface area (Å²) in [5, 5.41) is 5.60. The van der Waals surface area contributed by atoms with Crippen LogP contribution in [0.2, 0.25) is 0 Å². The molecule has 1 aliphatic rings. The van der Waals surface area contributed by atoms with E-state index in [0.717, 1.165) is 0 Å². The van der Waals surface area contributed by atoms with Crippen LogP contribution < -0.4 is 0 Å². The third-order valence-electron chi connectivity index (χ3n) is 4.42. The second-order valence-corrected chi connectivity index (χ2v) is 6.32. The summed E-state index contributed by atoms with van der Waals surface area (Å²) >= 11 is 0. The maximum absolute atomic E-state index is 3.01. The molecule has 2 atom stereocenters. The van der Waals surface area contributed by atoms with Gasteiger partial charge >= 0.3 is 0 Å². The zero-order valence-electron chi connectivity index (χ0n) is 10.9. The monoisotopic (exact) mass is 264 g/mol. The van der Waals surface area contributed by atoms with Gasteiger partial charge < -0.3 is 0 Å². The summed E-state index contributed by atoms with van der Waals surface area (Å²) in [6.45, 7) is 0. The number of fused-ring (bicyclic) bond motifs is 5. The van der Waals surface area contributed by atoms with Crippen LogP contribution in [0, 0.1) is 0 Å². The third kappa shape index (κ3) is 1.70. The highest BCUT2D eigenvalue weighted by molar-refractivity contribution is 7.17. The van der Waals surface area contributed by atoms with Crippen LogP contribution in [0.3, 0.4) is 0 Å². The van der Waals surface area contributed by atoms with Crippen LogP contribution in [0.25, 0.3) is 21.5 Å². The highest BCUT2D eigenvalue weighted by Gasteiger charge is 2.18. The van der Waals surface area contributed by atoms with Gasteiger partial charge in [-0.1, -0.05) is 48.5 Å². The fraction of sp³-hybridized carbons (Fsp3) is 0.222. The van der Waals surface area contributed by atoms with Crippen LogP contribution in [0.1, 0.15) is 29.6 Å². The van der Waals surface area contributed by atoms with E-state index in [4.69, 9.17) is 0 Å². The van der Waals surface area contributed by atoms with E-state index in [2.05, 4.69) is 57.8 Å². The summed E-state index contributed by atoms with van der Waals surface area (Å²) in [5.41, 5.74) is 3.76. The molecule has 0 bridgehead atoms. The van der Waals surface area contributed by atoms with E-state index in [1.165, 1.54) is 40.8 Å². The van der Waals surface area contributed by atoms with Gasteiger partial charge in [-0.25, -0.2) is 0 Å². The second kappa shape index (κ2) is 4.32. The molecule has 0 N–H and O–H groups in total. The van der Waals surface area contributed by atoms with Crippen LogP contribution >= 0.6 is 9.24 Å². The molecule has 0 amide bonds. The first-order valence-electron chi connectivity index (χ1n) is 7.03. The molecule has 94 valence electrons. The van der Waals surface area contributed by atoms with Crippen molar-refractivity contribution in [3.8, 4) is 0 Å². The minimum atomic E-state index is 0.639. The zero-order valence-corrected chi connectivity index (χ0v) is 12.0. The molecule has 0 spiro atoms. The standard InChI is InChI=1S/C18H17P/c19-18-7-3-6-14-16-9-8-12-4-1-2-5-13(12)15(16)10-11-17(14)18/h1-2,4-5,8-11,18H,3,6-7,19H2. The van der Waals surface area contributed by atoms with Crippen molar-refractivity contribution in [3.63, 3.8) is 0 Å². The minimum absolute atomic E-state index is 0.639. The average molecular weight is 264 g/mol. The fourth-order valence-corrected chi connectivity index (χ4v) is 4.00. The Morgan fingerprint density at radius 3 is 2.63 bits per heavy atom. The molecule has 0 fully saturated rings. The van der Waals surface area contributed by atoms with E-state index in [1.54, 1.807) is 11.1 Å². The van der Waals surface area contributed by atoms with Gasteiger partial charge in [0.1, 0.15) is 0 Å². The van der Waals surface area contributed by atoms with E-state index in [1.807, 2.05) is 0 Å². The van der Waals surface area contributed by atoms with Crippen molar-refractivity contribution >= 4 is 30.8 Å². The van der Waals surface area contributed by atoms with Gasteiger partial charge in [-0.05, 0) is 57.6 Å². The first kappa shape index (κ1) is 11.4. The molecule has 3 aromatic carbocycles. The molecule has 19 heavy (non-hydrogen) atoms. The Labute approximate surface area is 116 Å². The molecular weight excluding hydrogens is 247 g/mol.